The van der Waals surface area contributed by atoms with Gasteiger partial charge in [-0.15, -0.1) is 5.10 Å². The summed E-state index contributed by atoms with van der Waals surface area (Å²) in [7, 11) is 1.62. The lowest BCUT2D eigenvalue weighted by Gasteiger charge is -2.07. The van der Waals surface area contributed by atoms with Crippen LogP contribution >= 0.6 is 0 Å². The molecule has 134 valence electrons. The Morgan fingerprint density at radius 2 is 1.73 bits per heavy atom. The quantitative estimate of drug-likeness (QED) is 0.726. The van der Waals surface area contributed by atoms with E-state index in [1.807, 2.05) is 56.3 Å². The number of urea groups is 1. The highest BCUT2D eigenvalue weighted by atomic mass is 16.5. The zero-order valence-electron chi connectivity index (χ0n) is 14.9. The summed E-state index contributed by atoms with van der Waals surface area (Å²) in [6, 6.07) is 13.0. The maximum Gasteiger partial charge on any atom is 0.327 e. The molecule has 0 aliphatic heterocycles. The van der Waals surface area contributed by atoms with Crippen molar-refractivity contribution in [2.75, 3.05) is 17.7 Å². The average molecular weight is 352 g/mol. The van der Waals surface area contributed by atoms with Crippen LogP contribution in [0.2, 0.25) is 0 Å². The van der Waals surface area contributed by atoms with Crippen LogP contribution in [0.25, 0.3) is 0 Å². The molecule has 7 heteroatoms. The van der Waals surface area contributed by atoms with E-state index in [1.165, 1.54) is 0 Å². The van der Waals surface area contributed by atoms with Gasteiger partial charge >= 0.3 is 12.0 Å². The van der Waals surface area contributed by atoms with E-state index in [0.29, 0.717) is 18.0 Å². The number of nitrogens with one attached hydrogen (secondary N) is 2. The van der Waals surface area contributed by atoms with E-state index in [4.69, 9.17) is 9.15 Å². The zero-order valence-corrected chi connectivity index (χ0v) is 14.9. The Kier molecular flexibility index (Phi) is 5.17. The molecule has 0 saturated carbocycles. The van der Waals surface area contributed by atoms with Crippen LogP contribution < -0.4 is 15.4 Å². The van der Waals surface area contributed by atoms with Crippen LogP contribution in [0, 0.1) is 13.8 Å². The van der Waals surface area contributed by atoms with Crippen molar-refractivity contribution in [3.63, 3.8) is 0 Å². The van der Waals surface area contributed by atoms with E-state index >= 15 is 0 Å². The minimum Gasteiger partial charge on any atom is -0.497 e. The molecule has 7 nitrogen and oxygen atoms in total. The Balaban J connectivity index is 1.59. The fraction of sp³-hybridized carbons (Fsp3) is 0.211. The van der Waals surface area contributed by atoms with Crippen molar-refractivity contribution in [2.45, 2.75) is 20.3 Å². The first-order chi connectivity index (χ1) is 12.5. The number of ether oxygens (including phenoxy) is 1. The number of methoxy groups -OCH3 is 1. The Labute approximate surface area is 151 Å². The fourth-order valence-corrected chi connectivity index (χ4v) is 2.60. The van der Waals surface area contributed by atoms with Crippen molar-refractivity contribution < 1.29 is 13.9 Å². The smallest absolute Gasteiger partial charge is 0.327 e. The minimum atomic E-state index is -0.436. The van der Waals surface area contributed by atoms with Gasteiger partial charge in [0.25, 0.3) is 0 Å². The predicted molar refractivity (Wildman–Crippen MR) is 98.7 cm³/mol. The second-order valence-corrected chi connectivity index (χ2v) is 5.98. The number of benzene rings is 2. The molecule has 2 amide bonds. The Morgan fingerprint density at radius 1 is 1.04 bits per heavy atom. The highest BCUT2D eigenvalue weighted by molar-refractivity contribution is 5.98. The Hall–Kier alpha value is -3.35. The molecule has 0 radical (unpaired) electrons. The molecule has 1 aromatic heterocycles. The number of carbonyl (C=O) groups is 1. The molecule has 1 heterocycles. The number of rotatable bonds is 5. The lowest BCUT2D eigenvalue weighted by molar-refractivity contribution is 0.261. The molecule has 3 rings (SSSR count). The number of nitrogens with zero attached hydrogens (tertiary/aromatic N) is 2. The average Bonchev–Trinajstić information content (AvgIpc) is 3.01. The molecule has 0 aliphatic rings. The highest BCUT2D eigenvalue weighted by Crippen LogP contribution is 2.16. The molecule has 0 saturated heterocycles. The van der Waals surface area contributed by atoms with Crippen LogP contribution in [0.3, 0.4) is 0 Å². The zero-order chi connectivity index (χ0) is 18.5. The van der Waals surface area contributed by atoms with E-state index in [9.17, 15) is 4.79 Å². The van der Waals surface area contributed by atoms with Gasteiger partial charge in [0.05, 0.1) is 13.5 Å². The first kappa shape index (κ1) is 17.5. The molecule has 26 heavy (non-hydrogen) atoms. The lowest BCUT2D eigenvalue weighted by Crippen LogP contribution is -2.19. The van der Waals surface area contributed by atoms with E-state index in [1.54, 1.807) is 7.11 Å². The third-order valence-corrected chi connectivity index (χ3v) is 3.68. The standard InChI is InChI=1S/C19H20N4O3/c1-12-8-13(2)10-15(9-12)20-18(24)21-19-23-22-17(26-19)11-14-4-6-16(25-3)7-5-14/h4-10H,11H2,1-3H3,(H2,20,21,23,24). The number of aryl methyl sites for hydroxylation is 2. The molecule has 0 atom stereocenters. The number of anilines is 2. The van der Waals surface area contributed by atoms with Gasteiger partial charge in [-0.1, -0.05) is 23.3 Å². The van der Waals surface area contributed by atoms with Gasteiger partial charge in [-0.05, 0) is 54.8 Å². The molecule has 3 aromatic rings. The maximum absolute atomic E-state index is 12.1. The lowest BCUT2D eigenvalue weighted by atomic mass is 10.1. The summed E-state index contributed by atoms with van der Waals surface area (Å²) in [6.45, 7) is 3.94. The largest absolute Gasteiger partial charge is 0.497 e. The molecule has 0 bridgehead atoms. The summed E-state index contributed by atoms with van der Waals surface area (Å²) >= 11 is 0. The maximum atomic E-state index is 12.1. The van der Waals surface area contributed by atoms with Crippen LogP contribution in [0.15, 0.2) is 46.9 Å². The summed E-state index contributed by atoms with van der Waals surface area (Å²) < 4.78 is 10.6. The van der Waals surface area contributed by atoms with Crippen LogP contribution in [-0.2, 0) is 6.42 Å². The molecule has 0 aliphatic carbocycles. The third kappa shape index (κ3) is 4.60. The summed E-state index contributed by atoms with van der Waals surface area (Å²) in [5, 5.41) is 13.1. The number of amides is 2. The summed E-state index contributed by atoms with van der Waals surface area (Å²) in [4.78, 5) is 12.1. The first-order valence-corrected chi connectivity index (χ1v) is 8.13. The topological polar surface area (TPSA) is 89.3 Å². The second-order valence-electron chi connectivity index (χ2n) is 5.98. The number of carbonyl (C=O) groups excluding carboxylic acids is 1. The van der Waals surface area contributed by atoms with Crippen molar-refractivity contribution in [1.82, 2.24) is 10.2 Å². The van der Waals surface area contributed by atoms with Gasteiger partial charge < -0.3 is 14.5 Å². The van der Waals surface area contributed by atoms with Crippen molar-refractivity contribution >= 4 is 17.7 Å². The summed E-state index contributed by atoms with van der Waals surface area (Å²) in [6.07, 6.45) is 0.470. The van der Waals surface area contributed by atoms with E-state index in [-0.39, 0.29) is 6.01 Å². The van der Waals surface area contributed by atoms with E-state index < -0.39 is 6.03 Å². The van der Waals surface area contributed by atoms with Crippen molar-refractivity contribution in [1.29, 1.82) is 0 Å². The monoisotopic (exact) mass is 352 g/mol. The summed E-state index contributed by atoms with van der Waals surface area (Å²) in [5.74, 6) is 1.20. The molecular formula is C19H20N4O3. The van der Waals surface area contributed by atoms with Crippen LogP contribution in [0.1, 0.15) is 22.6 Å². The van der Waals surface area contributed by atoms with Crippen molar-refractivity contribution in [3.8, 4) is 5.75 Å². The normalized spacial score (nSPS) is 10.4. The van der Waals surface area contributed by atoms with Gasteiger partial charge in [0.1, 0.15) is 5.75 Å². The third-order valence-electron chi connectivity index (χ3n) is 3.68. The number of aromatic nitrogens is 2. The van der Waals surface area contributed by atoms with Crippen LogP contribution in [0.5, 0.6) is 5.75 Å². The van der Waals surface area contributed by atoms with Crippen LogP contribution in [0.4, 0.5) is 16.5 Å². The second kappa shape index (κ2) is 7.69. The Bertz CT molecular complexity index is 883. The van der Waals surface area contributed by atoms with Crippen LogP contribution in [-0.4, -0.2) is 23.3 Å². The number of hydrogen-bond acceptors (Lipinski definition) is 5. The van der Waals surface area contributed by atoms with Gasteiger partial charge in [0.2, 0.25) is 5.89 Å². The van der Waals surface area contributed by atoms with E-state index in [2.05, 4.69) is 20.8 Å². The molecular weight excluding hydrogens is 332 g/mol. The molecule has 0 fully saturated rings. The van der Waals surface area contributed by atoms with Gasteiger partial charge in [-0.2, -0.15) is 0 Å². The van der Waals surface area contributed by atoms with Gasteiger partial charge in [0, 0.05) is 5.69 Å². The predicted octanol–water partition coefficient (Wildman–Crippen LogP) is 3.93. The fourth-order valence-electron chi connectivity index (χ4n) is 2.60. The highest BCUT2D eigenvalue weighted by Gasteiger charge is 2.11. The molecule has 0 unspecified atom stereocenters. The summed E-state index contributed by atoms with van der Waals surface area (Å²) in [5.41, 5.74) is 3.85. The van der Waals surface area contributed by atoms with Gasteiger partial charge in [-0.3, -0.25) is 5.32 Å². The SMILES string of the molecule is COc1ccc(Cc2nnc(NC(=O)Nc3cc(C)cc(C)c3)o2)cc1. The first-order valence-electron chi connectivity index (χ1n) is 8.13. The van der Waals surface area contributed by atoms with Crippen molar-refractivity contribution in [2.24, 2.45) is 0 Å². The number of hydrogen-bond donors (Lipinski definition) is 2. The molecule has 2 N–H and O–H groups in total. The van der Waals surface area contributed by atoms with Gasteiger partial charge in [0.15, 0.2) is 0 Å². The molecule has 2 aromatic carbocycles. The van der Waals surface area contributed by atoms with E-state index in [0.717, 1.165) is 22.4 Å². The minimum absolute atomic E-state index is 0.0513. The molecule has 0 spiro atoms. The van der Waals surface area contributed by atoms with Crippen molar-refractivity contribution in [3.05, 3.63) is 65.0 Å². The Morgan fingerprint density at radius 3 is 2.38 bits per heavy atom. The van der Waals surface area contributed by atoms with Gasteiger partial charge in [-0.25, -0.2) is 4.79 Å².